The number of carboxylic acids is 1. The average molecular weight is 299 g/mol. The zero-order valence-electron chi connectivity index (χ0n) is 6.94. The number of carboxylic acid groups (broad SMARTS) is 1. The molecule has 4 nitrogen and oxygen atoms in total. The minimum absolute atomic E-state index is 0.225. The largest absolute Gasteiger partial charge is 0.480 e. The fourth-order valence-corrected chi connectivity index (χ4v) is 4.17. The average Bonchev–Trinajstić information content (AvgIpc) is 2.32. The molecule has 0 bridgehead atoms. The lowest BCUT2D eigenvalue weighted by molar-refractivity contribution is -0.134. The van der Waals surface area contributed by atoms with Gasteiger partial charge in [-0.3, -0.25) is 4.79 Å². The van der Waals surface area contributed by atoms with Crippen LogP contribution >= 0.6 is 27.3 Å². The molecule has 0 spiro atoms. The van der Waals surface area contributed by atoms with Crippen LogP contribution in [0.5, 0.6) is 0 Å². The van der Waals surface area contributed by atoms with Crippen molar-refractivity contribution in [1.29, 1.82) is 0 Å². The zero-order chi connectivity index (χ0) is 10.8. The lowest BCUT2D eigenvalue weighted by Gasteiger charge is -1.99. The molecule has 0 saturated heterocycles. The van der Waals surface area contributed by atoms with Gasteiger partial charge in [-0.25, -0.2) is 8.42 Å². The molecule has 0 aromatic carbocycles. The number of sulfone groups is 1. The first-order valence-corrected chi connectivity index (χ1v) is 7.04. The normalized spacial score (nSPS) is 11.5. The number of carbonyl (C=O) groups is 1. The second-order valence-electron chi connectivity index (χ2n) is 2.62. The van der Waals surface area contributed by atoms with E-state index >= 15 is 0 Å². The highest BCUT2D eigenvalue weighted by Crippen LogP contribution is 2.24. The van der Waals surface area contributed by atoms with Crippen LogP contribution in [0.4, 0.5) is 0 Å². The molecule has 0 amide bonds. The number of rotatable bonds is 4. The Hall–Kier alpha value is -0.400. The second kappa shape index (κ2) is 4.41. The number of aliphatic carboxylic acids is 1. The zero-order valence-corrected chi connectivity index (χ0v) is 10.2. The van der Waals surface area contributed by atoms with E-state index in [1.165, 1.54) is 11.3 Å². The standard InChI is InChI=1S/C7H7BrO4S2/c8-5-1-2-13-6(5)3-14(11,12)4-7(9)10/h1-2H,3-4H2,(H,9,10). The highest BCUT2D eigenvalue weighted by molar-refractivity contribution is 9.10. The first kappa shape index (κ1) is 11.7. The molecular formula is C7H7BrO4S2. The van der Waals surface area contributed by atoms with Gasteiger partial charge in [0.15, 0.2) is 9.84 Å². The molecule has 78 valence electrons. The number of thiophene rings is 1. The molecule has 0 radical (unpaired) electrons. The van der Waals surface area contributed by atoms with E-state index in [2.05, 4.69) is 15.9 Å². The van der Waals surface area contributed by atoms with Crippen molar-refractivity contribution in [2.24, 2.45) is 0 Å². The molecule has 0 saturated carbocycles. The van der Waals surface area contributed by atoms with E-state index in [-0.39, 0.29) is 5.75 Å². The maximum absolute atomic E-state index is 11.3. The Labute approximate surface area is 93.6 Å². The smallest absolute Gasteiger partial charge is 0.318 e. The van der Waals surface area contributed by atoms with E-state index in [4.69, 9.17) is 5.11 Å². The number of halogens is 1. The van der Waals surface area contributed by atoms with Gasteiger partial charge >= 0.3 is 5.97 Å². The summed E-state index contributed by atoms with van der Waals surface area (Å²) in [6, 6.07) is 1.73. The summed E-state index contributed by atoms with van der Waals surface area (Å²) >= 11 is 4.47. The Bertz CT molecular complexity index is 434. The Kier molecular flexibility index (Phi) is 3.68. The predicted octanol–water partition coefficient (Wildman–Crippen LogP) is 1.51. The van der Waals surface area contributed by atoms with E-state index in [9.17, 15) is 13.2 Å². The van der Waals surface area contributed by atoms with E-state index in [0.29, 0.717) is 9.35 Å². The van der Waals surface area contributed by atoms with Crippen LogP contribution in [-0.4, -0.2) is 25.2 Å². The molecule has 1 N–H and O–H groups in total. The van der Waals surface area contributed by atoms with E-state index < -0.39 is 21.6 Å². The van der Waals surface area contributed by atoms with Gasteiger partial charge in [-0.15, -0.1) is 11.3 Å². The third-order valence-corrected chi connectivity index (χ3v) is 4.91. The van der Waals surface area contributed by atoms with Gasteiger partial charge in [-0.05, 0) is 27.4 Å². The van der Waals surface area contributed by atoms with Crippen molar-refractivity contribution in [1.82, 2.24) is 0 Å². The molecule has 14 heavy (non-hydrogen) atoms. The van der Waals surface area contributed by atoms with E-state index in [1.54, 1.807) is 11.4 Å². The van der Waals surface area contributed by atoms with Crippen molar-refractivity contribution in [2.75, 3.05) is 5.75 Å². The van der Waals surface area contributed by atoms with Crippen molar-refractivity contribution in [3.8, 4) is 0 Å². The summed E-state index contributed by atoms with van der Waals surface area (Å²) in [5.41, 5.74) is 0. The molecule has 1 aromatic heterocycles. The summed E-state index contributed by atoms with van der Waals surface area (Å²) in [6.45, 7) is 0. The summed E-state index contributed by atoms with van der Waals surface area (Å²) in [6.07, 6.45) is 0. The van der Waals surface area contributed by atoms with E-state index in [0.717, 1.165) is 0 Å². The minimum atomic E-state index is -3.55. The fourth-order valence-electron chi connectivity index (χ4n) is 0.867. The first-order chi connectivity index (χ1) is 6.41. The number of hydrogen-bond donors (Lipinski definition) is 1. The quantitative estimate of drug-likeness (QED) is 0.915. The van der Waals surface area contributed by atoms with Crippen LogP contribution in [0, 0.1) is 0 Å². The maximum atomic E-state index is 11.3. The third-order valence-electron chi connectivity index (χ3n) is 1.39. The highest BCUT2D eigenvalue weighted by atomic mass is 79.9. The molecule has 0 aliphatic rings. The van der Waals surface area contributed by atoms with Gasteiger partial charge in [0.25, 0.3) is 0 Å². The summed E-state index contributed by atoms with van der Waals surface area (Å²) in [5, 5.41) is 10.1. The van der Waals surface area contributed by atoms with E-state index in [1.807, 2.05) is 0 Å². The van der Waals surface area contributed by atoms with Crippen LogP contribution < -0.4 is 0 Å². The minimum Gasteiger partial charge on any atom is -0.480 e. The summed E-state index contributed by atoms with van der Waals surface area (Å²) in [4.78, 5) is 10.9. The molecule has 0 unspecified atom stereocenters. The third kappa shape index (κ3) is 3.39. The van der Waals surface area contributed by atoms with Gasteiger partial charge in [0, 0.05) is 9.35 Å². The topological polar surface area (TPSA) is 71.4 Å². The van der Waals surface area contributed by atoms with Crippen molar-refractivity contribution < 1.29 is 18.3 Å². The summed E-state index contributed by atoms with van der Waals surface area (Å²) < 4.78 is 23.2. The van der Waals surface area contributed by atoms with Crippen LogP contribution in [0.2, 0.25) is 0 Å². The number of hydrogen-bond acceptors (Lipinski definition) is 4. The van der Waals surface area contributed by atoms with Crippen molar-refractivity contribution in [3.05, 3.63) is 20.8 Å². The van der Waals surface area contributed by atoms with Crippen LogP contribution in [0.15, 0.2) is 15.9 Å². The van der Waals surface area contributed by atoms with Crippen LogP contribution in [0.1, 0.15) is 4.88 Å². The molecule has 0 fully saturated rings. The molecular weight excluding hydrogens is 292 g/mol. The predicted molar refractivity (Wildman–Crippen MR) is 57.1 cm³/mol. The Morgan fingerprint density at radius 1 is 1.57 bits per heavy atom. The molecule has 7 heteroatoms. The monoisotopic (exact) mass is 298 g/mol. The van der Waals surface area contributed by atoms with Gasteiger partial charge in [-0.2, -0.15) is 0 Å². The molecule has 0 aliphatic heterocycles. The molecule has 1 rings (SSSR count). The summed E-state index contributed by atoms with van der Waals surface area (Å²) in [5.74, 6) is -2.37. The van der Waals surface area contributed by atoms with Crippen molar-refractivity contribution >= 4 is 43.1 Å². The Balaban J connectivity index is 2.79. The molecule has 0 atom stereocenters. The van der Waals surface area contributed by atoms with Crippen molar-refractivity contribution in [3.63, 3.8) is 0 Å². The summed E-state index contributed by atoms with van der Waals surface area (Å²) in [7, 11) is -3.55. The lowest BCUT2D eigenvalue weighted by Crippen LogP contribution is -2.16. The molecule has 1 heterocycles. The Morgan fingerprint density at radius 2 is 2.21 bits per heavy atom. The SMILES string of the molecule is O=C(O)CS(=O)(=O)Cc1sccc1Br. The van der Waals surface area contributed by atoms with Gasteiger partial charge in [0.1, 0.15) is 5.75 Å². The fraction of sp³-hybridized carbons (Fsp3) is 0.286. The molecule has 1 aromatic rings. The van der Waals surface area contributed by atoms with Gasteiger partial charge in [0.2, 0.25) is 0 Å². The van der Waals surface area contributed by atoms with Crippen molar-refractivity contribution in [2.45, 2.75) is 5.75 Å². The Morgan fingerprint density at radius 3 is 2.64 bits per heavy atom. The second-order valence-corrected chi connectivity index (χ2v) is 6.54. The van der Waals surface area contributed by atoms with Crippen LogP contribution in [-0.2, 0) is 20.4 Å². The van der Waals surface area contributed by atoms with Crippen LogP contribution in [0.3, 0.4) is 0 Å². The van der Waals surface area contributed by atoms with Crippen LogP contribution in [0.25, 0.3) is 0 Å². The lowest BCUT2D eigenvalue weighted by atomic mass is 10.5. The van der Waals surface area contributed by atoms with Gasteiger partial charge < -0.3 is 5.11 Å². The highest BCUT2D eigenvalue weighted by Gasteiger charge is 2.18. The van der Waals surface area contributed by atoms with Gasteiger partial charge in [-0.1, -0.05) is 0 Å². The van der Waals surface area contributed by atoms with Gasteiger partial charge in [0.05, 0.1) is 5.75 Å². The first-order valence-electron chi connectivity index (χ1n) is 3.55. The maximum Gasteiger partial charge on any atom is 0.318 e. The molecule has 0 aliphatic carbocycles.